The Labute approximate surface area is 195 Å². The van der Waals surface area contributed by atoms with Crippen LogP contribution in [0.1, 0.15) is 51.9 Å². The van der Waals surface area contributed by atoms with Gasteiger partial charge in [0.05, 0.1) is 19.0 Å². The van der Waals surface area contributed by atoms with Gasteiger partial charge in [0.25, 0.3) is 0 Å². The van der Waals surface area contributed by atoms with Crippen LogP contribution in [0, 0.1) is 11.7 Å². The van der Waals surface area contributed by atoms with Gasteiger partial charge in [0.15, 0.2) is 5.82 Å². The van der Waals surface area contributed by atoms with Crippen LogP contribution in [0.15, 0.2) is 12.3 Å². The highest BCUT2D eigenvalue weighted by Crippen LogP contribution is 2.25. The molecule has 2 fully saturated rings. The molecule has 2 aromatic heterocycles. The summed E-state index contributed by atoms with van der Waals surface area (Å²) in [5.41, 5.74) is 0.441. The molecule has 0 bridgehead atoms. The highest BCUT2D eigenvalue weighted by atomic mass is 19.1. The number of pyridine rings is 1. The van der Waals surface area contributed by atoms with Gasteiger partial charge in [0, 0.05) is 25.2 Å². The first-order valence-corrected chi connectivity index (χ1v) is 12.1. The number of hydrogen-bond donors (Lipinski definition) is 3. The lowest BCUT2D eigenvalue weighted by molar-refractivity contribution is 0.277. The molecule has 0 spiro atoms. The van der Waals surface area contributed by atoms with E-state index in [1.807, 2.05) is 0 Å². The van der Waals surface area contributed by atoms with Crippen LogP contribution in [0.4, 0.5) is 27.9 Å². The highest BCUT2D eigenvalue weighted by Gasteiger charge is 2.23. The van der Waals surface area contributed by atoms with Crippen molar-refractivity contribution in [3.8, 4) is 5.88 Å². The molecule has 0 aromatic carbocycles. The van der Waals surface area contributed by atoms with Gasteiger partial charge in [0.1, 0.15) is 0 Å². The fraction of sp³-hybridized carbons (Fsp3) is 0.652. The number of rotatable bonds is 10. The fourth-order valence-corrected chi connectivity index (χ4v) is 4.74. The van der Waals surface area contributed by atoms with E-state index in [9.17, 15) is 4.39 Å². The summed E-state index contributed by atoms with van der Waals surface area (Å²) >= 11 is 0. The number of aromatic nitrogens is 4. The summed E-state index contributed by atoms with van der Waals surface area (Å²) in [6.45, 7) is 5.99. The molecule has 10 heteroatoms. The van der Waals surface area contributed by atoms with Crippen LogP contribution in [0.3, 0.4) is 0 Å². The van der Waals surface area contributed by atoms with Crippen LogP contribution < -0.4 is 20.7 Å². The van der Waals surface area contributed by atoms with Crippen molar-refractivity contribution in [2.45, 2.75) is 57.9 Å². The Balaban J connectivity index is 1.48. The lowest BCUT2D eigenvalue weighted by atomic mass is 9.89. The SMILES string of the molecule is CCN1CCCC1CNc1nc(NCC2CCCCC2)nc(Nc2cnc(OC)c(F)c2)n1. The second kappa shape index (κ2) is 11.4. The van der Waals surface area contributed by atoms with E-state index in [1.54, 1.807) is 0 Å². The monoisotopic (exact) mass is 458 g/mol. The molecule has 3 heterocycles. The topological polar surface area (TPSA) is 100 Å². The largest absolute Gasteiger partial charge is 0.479 e. The Bertz CT molecular complexity index is 908. The molecule has 0 radical (unpaired) electrons. The van der Waals surface area contributed by atoms with Crippen LogP contribution in [0.5, 0.6) is 5.88 Å². The third-order valence-corrected chi connectivity index (χ3v) is 6.57. The number of anilines is 4. The molecule has 180 valence electrons. The van der Waals surface area contributed by atoms with Gasteiger partial charge in [-0.15, -0.1) is 0 Å². The van der Waals surface area contributed by atoms with Gasteiger partial charge in [-0.25, -0.2) is 9.37 Å². The normalized spacial score (nSPS) is 19.4. The Morgan fingerprint density at radius 1 is 1.00 bits per heavy atom. The number of likely N-dealkylation sites (N-methyl/N-ethyl adjacent to an activating group) is 1. The van der Waals surface area contributed by atoms with Crippen molar-refractivity contribution < 1.29 is 9.13 Å². The number of hydrogen-bond acceptors (Lipinski definition) is 9. The van der Waals surface area contributed by atoms with Gasteiger partial charge in [-0.3, -0.25) is 4.90 Å². The van der Waals surface area contributed by atoms with Gasteiger partial charge in [-0.2, -0.15) is 15.0 Å². The summed E-state index contributed by atoms with van der Waals surface area (Å²) in [7, 11) is 1.39. The summed E-state index contributed by atoms with van der Waals surface area (Å²) in [4.78, 5) is 20.1. The summed E-state index contributed by atoms with van der Waals surface area (Å²) in [6.07, 6.45) is 10.2. The number of nitrogens with zero attached hydrogens (tertiary/aromatic N) is 5. The Morgan fingerprint density at radius 2 is 1.73 bits per heavy atom. The number of halogens is 1. The second-order valence-corrected chi connectivity index (χ2v) is 8.84. The predicted octanol–water partition coefficient (Wildman–Crippen LogP) is 4.05. The maximum absolute atomic E-state index is 14.1. The third kappa shape index (κ3) is 6.40. The molecule has 2 aromatic rings. The zero-order chi connectivity index (χ0) is 23.0. The van der Waals surface area contributed by atoms with Crippen molar-refractivity contribution in [1.29, 1.82) is 0 Å². The molecular weight excluding hydrogens is 423 g/mol. The van der Waals surface area contributed by atoms with E-state index in [2.05, 4.69) is 47.7 Å². The van der Waals surface area contributed by atoms with Crippen LogP contribution >= 0.6 is 0 Å². The fourth-order valence-electron chi connectivity index (χ4n) is 4.74. The molecular formula is C23H35FN8O. The van der Waals surface area contributed by atoms with E-state index >= 15 is 0 Å². The molecule has 1 atom stereocenters. The maximum atomic E-state index is 14.1. The molecule has 2 aliphatic rings. The van der Waals surface area contributed by atoms with E-state index in [4.69, 9.17) is 4.74 Å². The van der Waals surface area contributed by atoms with Crippen molar-refractivity contribution in [1.82, 2.24) is 24.8 Å². The van der Waals surface area contributed by atoms with Crippen LogP contribution in [0.2, 0.25) is 0 Å². The standard InChI is InChI=1S/C23H35FN8O/c1-3-32-11-7-10-18(32)15-27-22-29-21(26-13-16-8-5-4-6-9-16)30-23(31-22)28-17-12-19(24)20(33-2)25-14-17/h12,14,16,18H,3-11,13,15H2,1-2H3,(H3,26,27,28,29,30,31). The summed E-state index contributed by atoms with van der Waals surface area (Å²) in [5.74, 6) is 1.39. The lowest BCUT2D eigenvalue weighted by Crippen LogP contribution is -2.35. The molecule has 1 saturated carbocycles. The molecule has 1 aliphatic carbocycles. The van der Waals surface area contributed by atoms with Crippen molar-refractivity contribution in [2.75, 3.05) is 49.2 Å². The molecule has 1 saturated heterocycles. The Hall–Kier alpha value is -2.75. The first-order valence-electron chi connectivity index (χ1n) is 12.1. The molecule has 3 N–H and O–H groups in total. The summed E-state index contributed by atoms with van der Waals surface area (Å²) < 4.78 is 19.0. The Morgan fingerprint density at radius 3 is 2.42 bits per heavy atom. The number of methoxy groups -OCH3 is 1. The quantitative estimate of drug-likeness (QED) is 0.487. The van der Waals surface area contributed by atoms with E-state index in [0.29, 0.717) is 35.5 Å². The minimum atomic E-state index is -0.550. The zero-order valence-electron chi connectivity index (χ0n) is 19.6. The van der Waals surface area contributed by atoms with Crippen molar-refractivity contribution in [3.05, 3.63) is 18.1 Å². The second-order valence-electron chi connectivity index (χ2n) is 8.84. The van der Waals surface area contributed by atoms with Gasteiger partial charge in [-0.05, 0) is 44.7 Å². The van der Waals surface area contributed by atoms with Gasteiger partial charge in [0.2, 0.25) is 23.7 Å². The van der Waals surface area contributed by atoms with E-state index < -0.39 is 5.82 Å². The minimum absolute atomic E-state index is 0.0505. The number of nitrogens with one attached hydrogen (secondary N) is 3. The van der Waals surface area contributed by atoms with Gasteiger partial charge in [-0.1, -0.05) is 26.2 Å². The maximum Gasteiger partial charge on any atom is 0.250 e. The average Bonchev–Trinajstić information content (AvgIpc) is 3.30. The van der Waals surface area contributed by atoms with E-state index in [0.717, 1.165) is 26.2 Å². The zero-order valence-corrected chi connectivity index (χ0v) is 19.6. The van der Waals surface area contributed by atoms with Crippen LogP contribution in [-0.4, -0.2) is 64.2 Å². The molecule has 33 heavy (non-hydrogen) atoms. The summed E-state index contributed by atoms with van der Waals surface area (Å²) in [6, 6.07) is 1.79. The number of ether oxygens (including phenoxy) is 1. The van der Waals surface area contributed by atoms with Crippen LogP contribution in [0.25, 0.3) is 0 Å². The molecule has 1 unspecified atom stereocenters. The van der Waals surface area contributed by atoms with Crippen molar-refractivity contribution in [2.24, 2.45) is 5.92 Å². The molecule has 1 aliphatic heterocycles. The molecule has 9 nitrogen and oxygen atoms in total. The number of likely N-dealkylation sites (tertiary alicyclic amines) is 1. The first-order chi connectivity index (χ1) is 16.1. The van der Waals surface area contributed by atoms with E-state index in [-0.39, 0.29) is 5.88 Å². The highest BCUT2D eigenvalue weighted by molar-refractivity contribution is 5.55. The van der Waals surface area contributed by atoms with Gasteiger partial charge < -0.3 is 20.7 Å². The molecule has 0 amide bonds. The first kappa shape index (κ1) is 23.4. The lowest BCUT2D eigenvalue weighted by Gasteiger charge is -2.23. The Kier molecular flexibility index (Phi) is 8.09. The van der Waals surface area contributed by atoms with E-state index in [1.165, 1.54) is 64.3 Å². The minimum Gasteiger partial charge on any atom is -0.479 e. The average molecular weight is 459 g/mol. The van der Waals surface area contributed by atoms with Crippen molar-refractivity contribution >= 4 is 23.5 Å². The van der Waals surface area contributed by atoms with Crippen LogP contribution in [-0.2, 0) is 0 Å². The summed E-state index contributed by atoms with van der Waals surface area (Å²) in [5, 5.41) is 9.84. The predicted molar refractivity (Wildman–Crippen MR) is 128 cm³/mol. The third-order valence-electron chi connectivity index (χ3n) is 6.57. The smallest absolute Gasteiger partial charge is 0.250 e. The van der Waals surface area contributed by atoms with Crippen molar-refractivity contribution in [3.63, 3.8) is 0 Å². The molecule has 4 rings (SSSR count). The van der Waals surface area contributed by atoms with Gasteiger partial charge >= 0.3 is 0 Å².